The van der Waals surface area contributed by atoms with Crippen molar-refractivity contribution in [3.63, 3.8) is 0 Å². The van der Waals surface area contributed by atoms with Crippen LogP contribution in [0.4, 0.5) is 5.69 Å². The maximum atomic E-state index is 5.59. The minimum Gasteiger partial charge on any atom is -0.399 e. The summed E-state index contributed by atoms with van der Waals surface area (Å²) >= 11 is 0. The standard InChI is InChI=1S/C10H12N4/c1-2-14-7-10(12-13-14)8-3-5-9(11)6-4-8/h3-7H,2,11H2,1H3. The van der Waals surface area contributed by atoms with Crippen molar-refractivity contribution in [3.05, 3.63) is 30.5 Å². The monoisotopic (exact) mass is 188 g/mol. The highest BCUT2D eigenvalue weighted by atomic mass is 15.4. The van der Waals surface area contributed by atoms with Crippen molar-refractivity contribution in [1.82, 2.24) is 15.0 Å². The van der Waals surface area contributed by atoms with Gasteiger partial charge in [0, 0.05) is 17.8 Å². The second-order valence-corrected chi connectivity index (χ2v) is 3.08. The Hall–Kier alpha value is -1.84. The van der Waals surface area contributed by atoms with Gasteiger partial charge in [0.2, 0.25) is 0 Å². The summed E-state index contributed by atoms with van der Waals surface area (Å²) in [5.41, 5.74) is 8.28. The fourth-order valence-electron chi connectivity index (χ4n) is 1.24. The van der Waals surface area contributed by atoms with Crippen LogP contribution in [0.15, 0.2) is 30.5 Å². The summed E-state index contributed by atoms with van der Waals surface area (Å²) in [6.45, 7) is 2.86. The minimum atomic E-state index is 0.761. The Morgan fingerprint density at radius 1 is 1.29 bits per heavy atom. The van der Waals surface area contributed by atoms with E-state index in [4.69, 9.17) is 5.73 Å². The fourth-order valence-corrected chi connectivity index (χ4v) is 1.24. The van der Waals surface area contributed by atoms with Crippen molar-refractivity contribution in [2.75, 3.05) is 5.73 Å². The molecule has 0 bridgehead atoms. The number of anilines is 1. The van der Waals surface area contributed by atoms with Crippen molar-refractivity contribution >= 4 is 5.69 Å². The number of hydrogen-bond acceptors (Lipinski definition) is 3. The lowest BCUT2D eigenvalue weighted by molar-refractivity contribution is 0.627. The average molecular weight is 188 g/mol. The van der Waals surface area contributed by atoms with Gasteiger partial charge in [0.15, 0.2) is 0 Å². The molecule has 4 heteroatoms. The molecule has 4 nitrogen and oxygen atoms in total. The van der Waals surface area contributed by atoms with E-state index in [-0.39, 0.29) is 0 Å². The third kappa shape index (κ3) is 1.59. The Morgan fingerprint density at radius 3 is 2.57 bits per heavy atom. The Balaban J connectivity index is 2.34. The summed E-state index contributed by atoms with van der Waals surface area (Å²) in [5.74, 6) is 0. The zero-order chi connectivity index (χ0) is 9.97. The molecule has 0 unspecified atom stereocenters. The third-order valence-corrected chi connectivity index (χ3v) is 2.07. The maximum absolute atomic E-state index is 5.59. The molecule has 0 atom stereocenters. The Kier molecular flexibility index (Phi) is 2.18. The second kappa shape index (κ2) is 3.49. The molecule has 0 radical (unpaired) electrons. The van der Waals surface area contributed by atoms with Gasteiger partial charge in [-0.15, -0.1) is 5.10 Å². The molecule has 1 aromatic carbocycles. The number of benzene rings is 1. The van der Waals surface area contributed by atoms with Gasteiger partial charge in [-0.05, 0) is 19.1 Å². The Morgan fingerprint density at radius 2 is 2.00 bits per heavy atom. The largest absolute Gasteiger partial charge is 0.399 e. The van der Waals surface area contributed by atoms with Gasteiger partial charge >= 0.3 is 0 Å². The van der Waals surface area contributed by atoms with Gasteiger partial charge in [-0.2, -0.15) is 0 Å². The molecule has 0 saturated carbocycles. The van der Waals surface area contributed by atoms with Gasteiger partial charge in [0.25, 0.3) is 0 Å². The molecule has 0 saturated heterocycles. The van der Waals surface area contributed by atoms with Crippen LogP contribution >= 0.6 is 0 Å². The lowest BCUT2D eigenvalue weighted by Gasteiger charge is -1.95. The summed E-state index contributed by atoms with van der Waals surface area (Å²) < 4.78 is 1.80. The first-order chi connectivity index (χ1) is 6.79. The zero-order valence-corrected chi connectivity index (χ0v) is 8.01. The van der Waals surface area contributed by atoms with E-state index in [0.29, 0.717) is 0 Å². The van der Waals surface area contributed by atoms with E-state index in [1.165, 1.54) is 0 Å². The molecule has 2 rings (SSSR count). The lowest BCUT2D eigenvalue weighted by Crippen LogP contribution is -1.93. The maximum Gasteiger partial charge on any atom is 0.113 e. The number of aryl methyl sites for hydroxylation is 1. The normalized spacial score (nSPS) is 10.4. The number of nitrogens with zero attached hydrogens (tertiary/aromatic N) is 3. The van der Waals surface area contributed by atoms with Crippen molar-refractivity contribution in [3.8, 4) is 11.3 Å². The van der Waals surface area contributed by atoms with E-state index >= 15 is 0 Å². The molecule has 1 heterocycles. The van der Waals surface area contributed by atoms with Crippen LogP contribution in [0.2, 0.25) is 0 Å². The Bertz CT molecular complexity index is 416. The SMILES string of the molecule is CCn1cc(-c2ccc(N)cc2)nn1. The molecule has 0 fully saturated rings. The van der Waals surface area contributed by atoms with Crippen LogP contribution in [0.5, 0.6) is 0 Å². The van der Waals surface area contributed by atoms with E-state index in [1.54, 1.807) is 4.68 Å². The van der Waals surface area contributed by atoms with E-state index in [0.717, 1.165) is 23.5 Å². The van der Waals surface area contributed by atoms with Gasteiger partial charge < -0.3 is 5.73 Å². The fraction of sp³-hybridized carbons (Fsp3) is 0.200. The molecule has 0 aliphatic carbocycles. The van der Waals surface area contributed by atoms with Crippen molar-refractivity contribution in [2.45, 2.75) is 13.5 Å². The molecule has 1 aromatic heterocycles. The van der Waals surface area contributed by atoms with E-state index in [2.05, 4.69) is 10.3 Å². The minimum absolute atomic E-state index is 0.761. The number of aromatic nitrogens is 3. The van der Waals surface area contributed by atoms with Crippen LogP contribution in [0.25, 0.3) is 11.3 Å². The summed E-state index contributed by atoms with van der Waals surface area (Å²) in [7, 11) is 0. The molecule has 0 amide bonds. The molecule has 0 spiro atoms. The first-order valence-electron chi connectivity index (χ1n) is 4.55. The molecular formula is C10H12N4. The van der Waals surface area contributed by atoms with Gasteiger partial charge in [-0.3, -0.25) is 4.68 Å². The van der Waals surface area contributed by atoms with Gasteiger partial charge in [0.05, 0.1) is 6.20 Å². The lowest BCUT2D eigenvalue weighted by atomic mass is 10.1. The first-order valence-corrected chi connectivity index (χ1v) is 4.55. The van der Waals surface area contributed by atoms with Gasteiger partial charge in [0.1, 0.15) is 5.69 Å². The quantitative estimate of drug-likeness (QED) is 0.727. The van der Waals surface area contributed by atoms with Crippen LogP contribution in [0.1, 0.15) is 6.92 Å². The predicted octanol–water partition coefficient (Wildman–Crippen LogP) is 1.55. The predicted molar refractivity (Wildman–Crippen MR) is 55.5 cm³/mol. The molecule has 2 N–H and O–H groups in total. The first kappa shape index (κ1) is 8.74. The molecule has 72 valence electrons. The highest BCUT2D eigenvalue weighted by Crippen LogP contribution is 2.17. The summed E-state index contributed by atoms with van der Waals surface area (Å²) in [6, 6.07) is 7.61. The third-order valence-electron chi connectivity index (χ3n) is 2.07. The summed E-state index contributed by atoms with van der Waals surface area (Å²) in [5, 5.41) is 8.03. The van der Waals surface area contributed by atoms with Crippen LogP contribution in [0, 0.1) is 0 Å². The summed E-state index contributed by atoms with van der Waals surface area (Å²) in [6.07, 6.45) is 1.92. The topological polar surface area (TPSA) is 56.7 Å². The van der Waals surface area contributed by atoms with Gasteiger partial charge in [-0.1, -0.05) is 17.3 Å². The van der Waals surface area contributed by atoms with E-state index in [9.17, 15) is 0 Å². The molecule has 0 aliphatic heterocycles. The second-order valence-electron chi connectivity index (χ2n) is 3.08. The van der Waals surface area contributed by atoms with Gasteiger partial charge in [-0.25, -0.2) is 0 Å². The van der Waals surface area contributed by atoms with E-state index in [1.807, 2.05) is 37.4 Å². The number of nitrogen functional groups attached to an aromatic ring is 1. The van der Waals surface area contributed by atoms with Crippen LogP contribution in [-0.2, 0) is 6.54 Å². The molecule has 14 heavy (non-hydrogen) atoms. The highest BCUT2D eigenvalue weighted by Gasteiger charge is 2.01. The highest BCUT2D eigenvalue weighted by molar-refractivity contribution is 5.60. The van der Waals surface area contributed by atoms with Crippen LogP contribution < -0.4 is 5.73 Å². The molecule has 2 aromatic rings. The average Bonchev–Trinajstić information content (AvgIpc) is 2.67. The molecular weight excluding hydrogens is 176 g/mol. The number of rotatable bonds is 2. The van der Waals surface area contributed by atoms with Crippen molar-refractivity contribution in [1.29, 1.82) is 0 Å². The van der Waals surface area contributed by atoms with Crippen LogP contribution in [0.3, 0.4) is 0 Å². The smallest absolute Gasteiger partial charge is 0.113 e. The summed E-state index contributed by atoms with van der Waals surface area (Å²) in [4.78, 5) is 0. The number of hydrogen-bond donors (Lipinski definition) is 1. The van der Waals surface area contributed by atoms with Crippen molar-refractivity contribution < 1.29 is 0 Å². The van der Waals surface area contributed by atoms with Crippen LogP contribution in [-0.4, -0.2) is 15.0 Å². The zero-order valence-electron chi connectivity index (χ0n) is 8.01. The Labute approximate surface area is 82.4 Å². The van der Waals surface area contributed by atoms with E-state index < -0.39 is 0 Å². The van der Waals surface area contributed by atoms with Crippen molar-refractivity contribution in [2.24, 2.45) is 0 Å². The number of nitrogens with two attached hydrogens (primary N) is 1. The molecule has 0 aliphatic rings.